The quantitative estimate of drug-likeness (QED) is 0.259. The number of carbonyl (C=O) groups is 3. The topological polar surface area (TPSA) is 103 Å². The molecule has 39 heavy (non-hydrogen) atoms. The number of ether oxygens (including phenoxy) is 3. The van der Waals surface area contributed by atoms with E-state index in [1.165, 1.54) is 5.56 Å². The number of hydrogen-bond donors (Lipinski definition) is 2. The first kappa shape index (κ1) is 29.2. The van der Waals surface area contributed by atoms with Crippen molar-refractivity contribution in [3.8, 4) is 17.2 Å². The zero-order valence-electron chi connectivity index (χ0n) is 22.9. The molecule has 0 aliphatic rings. The summed E-state index contributed by atoms with van der Waals surface area (Å²) in [5.74, 6) is 0.893. The molecule has 8 nitrogen and oxygen atoms in total. The molecule has 3 rings (SSSR count). The second kappa shape index (κ2) is 14.0. The zero-order chi connectivity index (χ0) is 28.3. The SMILES string of the molecule is CCOc1ccc(NC(=O)COC(=O)CCCC(=O)Nc2ccc(Oc3ccc(C(C)(C)C)cc3)cc2)cc1. The highest BCUT2D eigenvalue weighted by atomic mass is 16.5. The van der Waals surface area contributed by atoms with Gasteiger partial charge in [-0.25, -0.2) is 0 Å². The molecule has 0 saturated carbocycles. The number of nitrogens with one attached hydrogen (secondary N) is 2. The molecule has 0 aliphatic heterocycles. The number of carbonyl (C=O) groups excluding carboxylic acids is 3. The monoisotopic (exact) mass is 532 g/mol. The predicted molar refractivity (Wildman–Crippen MR) is 151 cm³/mol. The molecule has 0 saturated heterocycles. The van der Waals surface area contributed by atoms with Crippen molar-refractivity contribution < 1.29 is 28.6 Å². The number of rotatable bonds is 12. The Morgan fingerprint density at radius 3 is 1.74 bits per heavy atom. The number of esters is 1. The van der Waals surface area contributed by atoms with E-state index in [2.05, 4.69) is 43.5 Å². The average molecular weight is 533 g/mol. The van der Waals surface area contributed by atoms with Crippen LogP contribution in [0.25, 0.3) is 0 Å². The maximum atomic E-state index is 12.2. The van der Waals surface area contributed by atoms with Gasteiger partial charge in [0.15, 0.2) is 6.61 Å². The molecule has 2 amide bonds. The zero-order valence-corrected chi connectivity index (χ0v) is 22.9. The van der Waals surface area contributed by atoms with Gasteiger partial charge in [0.1, 0.15) is 17.2 Å². The fourth-order valence-electron chi connectivity index (χ4n) is 3.60. The molecule has 0 fully saturated rings. The van der Waals surface area contributed by atoms with E-state index in [0.29, 0.717) is 35.9 Å². The van der Waals surface area contributed by atoms with Gasteiger partial charge >= 0.3 is 5.97 Å². The van der Waals surface area contributed by atoms with Crippen LogP contribution >= 0.6 is 0 Å². The second-order valence-corrected chi connectivity index (χ2v) is 9.97. The third kappa shape index (κ3) is 10.2. The third-order valence-corrected chi connectivity index (χ3v) is 5.69. The molecule has 0 aromatic heterocycles. The number of anilines is 2. The van der Waals surface area contributed by atoms with Gasteiger partial charge in [-0.2, -0.15) is 0 Å². The van der Waals surface area contributed by atoms with Crippen LogP contribution in [0.1, 0.15) is 52.5 Å². The minimum atomic E-state index is -0.540. The van der Waals surface area contributed by atoms with Crippen LogP contribution in [0.5, 0.6) is 17.2 Å². The summed E-state index contributed by atoms with van der Waals surface area (Å²) in [5, 5.41) is 5.45. The fourth-order valence-corrected chi connectivity index (χ4v) is 3.60. The highest BCUT2D eigenvalue weighted by molar-refractivity contribution is 5.93. The maximum Gasteiger partial charge on any atom is 0.306 e. The predicted octanol–water partition coefficient (Wildman–Crippen LogP) is 6.47. The molecule has 0 aliphatic carbocycles. The van der Waals surface area contributed by atoms with E-state index < -0.39 is 18.5 Å². The van der Waals surface area contributed by atoms with Crippen LogP contribution in [0, 0.1) is 0 Å². The van der Waals surface area contributed by atoms with Crippen LogP contribution in [-0.2, 0) is 24.5 Å². The van der Waals surface area contributed by atoms with Crippen molar-refractivity contribution in [3.63, 3.8) is 0 Å². The minimum Gasteiger partial charge on any atom is -0.494 e. The van der Waals surface area contributed by atoms with Gasteiger partial charge in [-0.15, -0.1) is 0 Å². The van der Waals surface area contributed by atoms with Crippen molar-refractivity contribution in [3.05, 3.63) is 78.4 Å². The van der Waals surface area contributed by atoms with E-state index in [-0.39, 0.29) is 24.2 Å². The molecule has 2 N–H and O–H groups in total. The molecule has 0 unspecified atom stereocenters. The molecule has 3 aromatic carbocycles. The minimum absolute atomic E-state index is 0.0323. The average Bonchev–Trinajstić information content (AvgIpc) is 2.90. The van der Waals surface area contributed by atoms with Crippen molar-refractivity contribution in [2.75, 3.05) is 23.8 Å². The number of amides is 2. The fraction of sp³-hybridized carbons (Fsp3) is 0.323. The standard InChI is InChI=1S/C31H36N2O6/c1-5-37-25-17-11-24(12-18-25)33-29(35)21-38-30(36)8-6-7-28(34)32-23-13-19-27(20-14-23)39-26-15-9-22(10-16-26)31(2,3)4/h9-20H,5-8,21H2,1-4H3,(H,32,34)(H,33,35). The van der Waals surface area contributed by atoms with Crippen LogP contribution in [0.2, 0.25) is 0 Å². The Labute approximate surface area is 229 Å². The van der Waals surface area contributed by atoms with Gasteiger partial charge in [-0.3, -0.25) is 14.4 Å². The molecular formula is C31H36N2O6. The Bertz CT molecular complexity index is 1230. The van der Waals surface area contributed by atoms with Crippen molar-refractivity contribution in [2.24, 2.45) is 0 Å². The summed E-state index contributed by atoms with van der Waals surface area (Å²) < 4.78 is 16.2. The van der Waals surface area contributed by atoms with E-state index in [9.17, 15) is 14.4 Å². The third-order valence-electron chi connectivity index (χ3n) is 5.69. The van der Waals surface area contributed by atoms with Crippen LogP contribution < -0.4 is 20.1 Å². The lowest BCUT2D eigenvalue weighted by Gasteiger charge is -2.19. The van der Waals surface area contributed by atoms with Gasteiger partial charge in [-0.1, -0.05) is 32.9 Å². The Kier molecular flexibility index (Phi) is 10.5. The van der Waals surface area contributed by atoms with Crippen LogP contribution in [-0.4, -0.2) is 31.0 Å². The highest BCUT2D eigenvalue weighted by Crippen LogP contribution is 2.27. The summed E-state index contributed by atoms with van der Waals surface area (Å²) >= 11 is 0. The van der Waals surface area contributed by atoms with E-state index in [4.69, 9.17) is 14.2 Å². The van der Waals surface area contributed by atoms with Crippen LogP contribution in [0.4, 0.5) is 11.4 Å². The summed E-state index contributed by atoms with van der Waals surface area (Å²) in [4.78, 5) is 36.2. The lowest BCUT2D eigenvalue weighted by Crippen LogP contribution is -2.21. The Morgan fingerprint density at radius 1 is 0.692 bits per heavy atom. The largest absolute Gasteiger partial charge is 0.494 e. The van der Waals surface area contributed by atoms with E-state index >= 15 is 0 Å². The summed E-state index contributed by atoms with van der Waals surface area (Å²) in [6, 6.07) is 22.0. The molecule has 0 spiro atoms. The van der Waals surface area contributed by atoms with Crippen LogP contribution in [0.3, 0.4) is 0 Å². The number of benzene rings is 3. The highest BCUT2D eigenvalue weighted by Gasteiger charge is 2.13. The van der Waals surface area contributed by atoms with Gasteiger partial charge in [0.2, 0.25) is 5.91 Å². The normalized spacial score (nSPS) is 10.9. The van der Waals surface area contributed by atoms with Gasteiger partial charge in [0, 0.05) is 24.2 Å². The summed E-state index contributed by atoms with van der Waals surface area (Å²) in [6.07, 6.45) is 0.479. The maximum absolute atomic E-state index is 12.2. The summed E-state index contributed by atoms with van der Waals surface area (Å²) in [6.45, 7) is 8.53. The summed E-state index contributed by atoms with van der Waals surface area (Å²) in [5.41, 5.74) is 2.51. The smallest absolute Gasteiger partial charge is 0.306 e. The van der Waals surface area contributed by atoms with E-state index in [1.807, 2.05) is 19.1 Å². The molecule has 8 heteroatoms. The Morgan fingerprint density at radius 2 is 1.21 bits per heavy atom. The molecule has 3 aromatic rings. The first-order chi connectivity index (χ1) is 18.6. The lowest BCUT2D eigenvalue weighted by atomic mass is 9.87. The first-order valence-electron chi connectivity index (χ1n) is 13.0. The van der Waals surface area contributed by atoms with Gasteiger partial charge in [-0.05, 0) is 85.0 Å². The molecule has 206 valence electrons. The van der Waals surface area contributed by atoms with Crippen molar-refractivity contribution in [1.29, 1.82) is 0 Å². The number of hydrogen-bond acceptors (Lipinski definition) is 6. The van der Waals surface area contributed by atoms with E-state index in [1.54, 1.807) is 48.5 Å². The van der Waals surface area contributed by atoms with Crippen molar-refractivity contribution in [1.82, 2.24) is 0 Å². The van der Waals surface area contributed by atoms with Gasteiger partial charge in [0.05, 0.1) is 6.61 Å². The van der Waals surface area contributed by atoms with Crippen molar-refractivity contribution >= 4 is 29.2 Å². The Hall–Kier alpha value is -4.33. The van der Waals surface area contributed by atoms with E-state index in [0.717, 1.165) is 5.75 Å². The van der Waals surface area contributed by atoms with Gasteiger partial charge in [0.25, 0.3) is 5.91 Å². The van der Waals surface area contributed by atoms with Crippen molar-refractivity contribution in [2.45, 2.75) is 52.4 Å². The molecule has 0 radical (unpaired) electrons. The molecule has 0 atom stereocenters. The van der Waals surface area contributed by atoms with Gasteiger partial charge < -0.3 is 24.8 Å². The van der Waals surface area contributed by atoms with Crippen LogP contribution in [0.15, 0.2) is 72.8 Å². The molecule has 0 heterocycles. The second-order valence-electron chi connectivity index (χ2n) is 9.97. The molecular weight excluding hydrogens is 496 g/mol. The lowest BCUT2D eigenvalue weighted by molar-refractivity contribution is -0.147. The molecule has 0 bridgehead atoms. The summed E-state index contributed by atoms with van der Waals surface area (Å²) in [7, 11) is 0. The Balaban J connectivity index is 1.33. The first-order valence-corrected chi connectivity index (χ1v) is 13.0.